The van der Waals surface area contributed by atoms with E-state index in [0.717, 1.165) is 43.1 Å². The van der Waals surface area contributed by atoms with Gasteiger partial charge >= 0.3 is 0 Å². The Hall–Kier alpha value is -1.61. The zero-order chi connectivity index (χ0) is 11.9. The molecular formula is C14H18N2O. The third-order valence-electron chi connectivity index (χ3n) is 2.65. The van der Waals surface area contributed by atoms with Gasteiger partial charge in [0.05, 0.1) is 6.54 Å². The van der Waals surface area contributed by atoms with Crippen molar-refractivity contribution in [3.05, 3.63) is 53.7 Å². The third-order valence-corrected chi connectivity index (χ3v) is 2.65. The molecule has 1 N–H and O–H groups in total. The lowest BCUT2D eigenvalue weighted by Gasteiger charge is -2.02. The number of aryl methyl sites for hydroxylation is 1. The maximum atomic E-state index is 5.61. The Kier molecular flexibility index (Phi) is 4.33. The van der Waals surface area contributed by atoms with Crippen LogP contribution in [-0.2, 0) is 19.4 Å². The van der Waals surface area contributed by atoms with E-state index in [4.69, 9.17) is 4.42 Å². The van der Waals surface area contributed by atoms with Gasteiger partial charge in [-0.05, 0) is 24.3 Å². The maximum absolute atomic E-state index is 5.61. The van der Waals surface area contributed by atoms with Gasteiger partial charge in [-0.25, -0.2) is 0 Å². The van der Waals surface area contributed by atoms with Crippen molar-refractivity contribution in [1.29, 1.82) is 0 Å². The number of furan rings is 1. The summed E-state index contributed by atoms with van der Waals surface area (Å²) in [5, 5.41) is 3.35. The van der Waals surface area contributed by atoms with Gasteiger partial charge in [-0.15, -0.1) is 0 Å². The average Bonchev–Trinajstić information content (AvgIpc) is 2.84. The molecule has 0 aliphatic heterocycles. The van der Waals surface area contributed by atoms with Gasteiger partial charge in [0.1, 0.15) is 11.5 Å². The van der Waals surface area contributed by atoms with Gasteiger partial charge in [0, 0.05) is 31.3 Å². The Morgan fingerprint density at radius 3 is 2.76 bits per heavy atom. The Morgan fingerprint density at radius 2 is 2.06 bits per heavy atom. The lowest BCUT2D eigenvalue weighted by atomic mass is 10.3. The molecule has 2 heterocycles. The van der Waals surface area contributed by atoms with Gasteiger partial charge < -0.3 is 9.73 Å². The Balaban J connectivity index is 1.69. The SMILES string of the molecule is CCc1ccc(CNCCc2ccccn2)o1. The summed E-state index contributed by atoms with van der Waals surface area (Å²) in [4.78, 5) is 4.28. The molecule has 2 rings (SSSR count). The molecule has 17 heavy (non-hydrogen) atoms. The molecule has 3 heteroatoms. The fourth-order valence-corrected chi connectivity index (χ4v) is 1.68. The summed E-state index contributed by atoms with van der Waals surface area (Å²) < 4.78 is 5.61. The van der Waals surface area contributed by atoms with Crippen molar-refractivity contribution >= 4 is 0 Å². The predicted molar refractivity (Wildman–Crippen MR) is 67.7 cm³/mol. The van der Waals surface area contributed by atoms with E-state index in [2.05, 4.69) is 17.2 Å². The van der Waals surface area contributed by atoms with Crippen molar-refractivity contribution in [2.45, 2.75) is 26.3 Å². The number of hydrogen-bond donors (Lipinski definition) is 1. The van der Waals surface area contributed by atoms with Crippen LogP contribution >= 0.6 is 0 Å². The molecule has 0 fully saturated rings. The average molecular weight is 230 g/mol. The Bertz CT molecular complexity index is 436. The summed E-state index contributed by atoms with van der Waals surface area (Å²) in [6, 6.07) is 10.1. The molecule has 0 aromatic carbocycles. The molecule has 2 aromatic heterocycles. The number of rotatable bonds is 6. The number of nitrogens with one attached hydrogen (secondary N) is 1. The molecule has 0 atom stereocenters. The van der Waals surface area contributed by atoms with Crippen LogP contribution in [0.3, 0.4) is 0 Å². The van der Waals surface area contributed by atoms with Crippen LogP contribution in [0.5, 0.6) is 0 Å². The molecule has 0 saturated heterocycles. The highest BCUT2D eigenvalue weighted by atomic mass is 16.3. The molecule has 2 aromatic rings. The van der Waals surface area contributed by atoms with Crippen molar-refractivity contribution < 1.29 is 4.42 Å². The summed E-state index contributed by atoms with van der Waals surface area (Å²) in [6.07, 6.45) is 3.73. The van der Waals surface area contributed by atoms with Crippen molar-refractivity contribution in [2.75, 3.05) is 6.54 Å². The molecule has 0 amide bonds. The fraction of sp³-hybridized carbons (Fsp3) is 0.357. The van der Waals surface area contributed by atoms with Crippen LogP contribution in [0.25, 0.3) is 0 Å². The molecule has 0 unspecified atom stereocenters. The van der Waals surface area contributed by atoms with Crippen molar-refractivity contribution in [1.82, 2.24) is 10.3 Å². The fourth-order valence-electron chi connectivity index (χ4n) is 1.68. The number of aromatic nitrogens is 1. The molecule has 90 valence electrons. The maximum Gasteiger partial charge on any atom is 0.117 e. The number of nitrogens with zero attached hydrogens (tertiary/aromatic N) is 1. The zero-order valence-corrected chi connectivity index (χ0v) is 10.1. The molecule has 0 aliphatic carbocycles. The van der Waals surface area contributed by atoms with Crippen molar-refractivity contribution in [3.8, 4) is 0 Å². The minimum absolute atomic E-state index is 0.785. The van der Waals surface area contributed by atoms with Crippen LogP contribution in [0.15, 0.2) is 40.9 Å². The van der Waals surface area contributed by atoms with Gasteiger partial charge in [-0.3, -0.25) is 4.98 Å². The van der Waals surface area contributed by atoms with Gasteiger partial charge in [-0.2, -0.15) is 0 Å². The van der Waals surface area contributed by atoms with E-state index in [-0.39, 0.29) is 0 Å². The summed E-state index contributed by atoms with van der Waals surface area (Å²) in [6.45, 7) is 3.79. The minimum Gasteiger partial charge on any atom is -0.465 e. The van der Waals surface area contributed by atoms with E-state index in [1.54, 1.807) is 0 Å². The van der Waals surface area contributed by atoms with Gasteiger partial charge in [0.25, 0.3) is 0 Å². The van der Waals surface area contributed by atoms with Gasteiger partial charge in [0.15, 0.2) is 0 Å². The van der Waals surface area contributed by atoms with E-state index in [9.17, 15) is 0 Å². The highest BCUT2D eigenvalue weighted by Gasteiger charge is 1.99. The quantitative estimate of drug-likeness (QED) is 0.775. The van der Waals surface area contributed by atoms with Crippen LogP contribution in [0.1, 0.15) is 24.1 Å². The third kappa shape index (κ3) is 3.71. The first-order chi connectivity index (χ1) is 8.38. The predicted octanol–water partition coefficient (Wildman–Crippen LogP) is 2.57. The van der Waals surface area contributed by atoms with Crippen LogP contribution in [0.4, 0.5) is 0 Å². The monoisotopic (exact) mass is 230 g/mol. The second-order valence-corrected chi connectivity index (χ2v) is 3.97. The standard InChI is InChI=1S/C14H18N2O/c1-2-13-6-7-14(17-13)11-15-10-8-12-5-3-4-9-16-12/h3-7,9,15H,2,8,10-11H2,1H3. The molecule has 0 radical (unpaired) electrons. The summed E-state index contributed by atoms with van der Waals surface area (Å²) in [5.41, 5.74) is 1.12. The zero-order valence-electron chi connectivity index (χ0n) is 10.1. The van der Waals surface area contributed by atoms with Gasteiger partial charge in [0.2, 0.25) is 0 Å². The van der Waals surface area contributed by atoms with Crippen molar-refractivity contribution in [3.63, 3.8) is 0 Å². The summed E-state index contributed by atoms with van der Waals surface area (Å²) >= 11 is 0. The number of hydrogen-bond acceptors (Lipinski definition) is 3. The highest BCUT2D eigenvalue weighted by Crippen LogP contribution is 2.07. The topological polar surface area (TPSA) is 38.1 Å². The van der Waals surface area contributed by atoms with Crippen molar-refractivity contribution in [2.24, 2.45) is 0 Å². The minimum atomic E-state index is 0.785. The van der Waals surface area contributed by atoms with Crippen LogP contribution in [0.2, 0.25) is 0 Å². The second kappa shape index (κ2) is 6.21. The summed E-state index contributed by atoms with van der Waals surface area (Å²) in [5.74, 6) is 2.05. The lowest BCUT2D eigenvalue weighted by Crippen LogP contribution is -2.16. The smallest absolute Gasteiger partial charge is 0.117 e. The second-order valence-electron chi connectivity index (χ2n) is 3.97. The normalized spacial score (nSPS) is 10.6. The number of pyridine rings is 1. The largest absolute Gasteiger partial charge is 0.465 e. The first-order valence-electron chi connectivity index (χ1n) is 6.06. The Labute approximate surface area is 102 Å². The van der Waals surface area contributed by atoms with E-state index in [1.807, 2.05) is 36.5 Å². The Morgan fingerprint density at radius 1 is 1.18 bits per heavy atom. The molecule has 0 aliphatic rings. The molecular weight excluding hydrogens is 212 g/mol. The molecule has 0 bridgehead atoms. The van der Waals surface area contributed by atoms with Crippen LogP contribution < -0.4 is 5.32 Å². The van der Waals surface area contributed by atoms with Gasteiger partial charge in [-0.1, -0.05) is 13.0 Å². The molecule has 0 saturated carbocycles. The van der Waals surface area contributed by atoms with E-state index < -0.39 is 0 Å². The summed E-state index contributed by atoms with van der Waals surface area (Å²) in [7, 11) is 0. The highest BCUT2D eigenvalue weighted by molar-refractivity contribution is 5.07. The van der Waals surface area contributed by atoms with E-state index >= 15 is 0 Å². The van der Waals surface area contributed by atoms with E-state index in [1.165, 1.54) is 0 Å². The molecule has 0 spiro atoms. The van der Waals surface area contributed by atoms with Crippen LogP contribution in [-0.4, -0.2) is 11.5 Å². The first kappa shape index (κ1) is 11.9. The van der Waals surface area contributed by atoms with E-state index in [0.29, 0.717) is 0 Å². The first-order valence-corrected chi connectivity index (χ1v) is 6.06. The molecule has 3 nitrogen and oxygen atoms in total. The lowest BCUT2D eigenvalue weighted by molar-refractivity contribution is 0.451. The van der Waals surface area contributed by atoms with Crippen LogP contribution in [0, 0.1) is 0 Å².